The number of benzene rings is 1. The Bertz CT molecular complexity index is 533. The first kappa shape index (κ1) is 15.4. The summed E-state index contributed by atoms with van der Waals surface area (Å²) in [5.41, 5.74) is 1.60. The van der Waals surface area contributed by atoms with Crippen LogP contribution in [0.4, 0.5) is 0 Å². The summed E-state index contributed by atoms with van der Waals surface area (Å²) in [5.74, 6) is 0.166. The molecule has 1 aliphatic rings. The normalized spacial score (nSPS) is 15.5. The van der Waals surface area contributed by atoms with Gasteiger partial charge in [0.2, 0.25) is 0 Å². The Labute approximate surface area is 124 Å². The van der Waals surface area contributed by atoms with Crippen LogP contribution in [0.5, 0.6) is 11.5 Å². The van der Waals surface area contributed by atoms with Gasteiger partial charge in [-0.05, 0) is 49.7 Å². The van der Waals surface area contributed by atoms with E-state index in [2.05, 4.69) is 9.64 Å². The average Bonchev–Trinajstić information content (AvgIpc) is 3.00. The minimum atomic E-state index is -0.414. The highest BCUT2D eigenvalue weighted by Gasteiger charge is 2.16. The minimum absolute atomic E-state index is 0.166. The number of carbonyl (C=O) groups excluding carboxylic acids is 1. The number of hydrogen-bond donors (Lipinski definition) is 1. The lowest BCUT2D eigenvalue weighted by Crippen LogP contribution is -2.18. The topological polar surface area (TPSA) is 59.0 Å². The van der Waals surface area contributed by atoms with Crippen LogP contribution in [0.2, 0.25) is 0 Å². The quantitative estimate of drug-likeness (QED) is 0.665. The predicted molar refractivity (Wildman–Crippen MR) is 80.2 cm³/mol. The van der Waals surface area contributed by atoms with Crippen LogP contribution < -0.4 is 4.74 Å². The molecule has 5 nitrogen and oxygen atoms in total. The number of ether oxygens (including phenoxy) is 2. The zero-order valence-electron chi connectivity index (χ0n) is 12.5. The number of phenols is 1. The maximum atomic E-state index is 11.2. The molecule has 21 heavy (non-hydrogen) atoms. The van der Waals surface area contributed by atoms with E-state index in [1.807, 2.05) is 6.07 Å². The molecular weight excluding hydrogens is 270 g/mol. The third kappa shape index (κ3) is 3.98. The lowest BCUT2D eigenvalue weighted by Gasteiger charge is -2.17. The average molecular weight is 291 g/mol. The fraction of sp³-hybridized carbons (Fsp3) is 0.438. The van der Waals surface area contributed by atoms with Crippen LogP contribution >= 0.6 is 0 Å². The standard InChI is InChI=1S/C16H21NO4/c1-20-14-10-12(5-6-15(18)21-2)9-13(16(14)19)11-17-7-3-4-8-17/h5-6,9-10,19H,3-4,7-8,11H2,1-2H3. The Hall–Kier alpha value is -2.01. The third-order valence-electron chi connectivity index (χ3n) is 3.60. The van der Waals surface area contributed by atoms with Gasteiger partial charge in [-0.1, -0.05) is 0 Å². The molecule has 1 fully saturated rings. The molecule has 1 heterocycles. The Balaban J connectivity index is 2.25. The summed E-state index contributed by atoms with van der Waals surface area (Å²) in [4.78, 5) is 13.5. The van der Waals surface area contributed by atoms with E-state index in [-0.39, 0.29) is 5.75 Å². The number of likely N-dealkylation sites (tertiary alicyclic amines) is 1. The van der Waals surface area contributed by atoms with Gasteiger partial charge in [-0.25, -0.2) is 4.79 Å². The molecule has 0 bridgehead atoms. The molecule has 2 rings (SSSR count). The molecule has 114 valence electrons. The highest BCUT2D eigenvalue weighted by molar-refractivity contribution is 5.87. The van der Waals surface area contributed by atoms with Gasteiger partial charge in [0.05, 0.1) is 14.2 Å². The van der Waals surface area contributed by atoms with Gasteiger partial charge in [-0.15, -0.1) is 0 Å². The third-order valence-corrected chi connectivity index (χ3v) is 3.60. The van der Waals surface area contributed by atoms with Crippen molar-refractivity contribution in [2.75, 3.05) is 27.3 Å². The first-order valence-corrected chi connectivity index (χ1v) is 7.02. The van der Waals surface area contributed by atoms with E-state index < -0.39 is 5.97 Å². The largest absolute Gasteiger partial charge is 0.504 e. The van der Waals surface area contributed by atoms with Crippen molar-refractivity contribution in [3.05, 3.63) is 29.3 Å². The number of nitrogens with zero attached hydrogens (tertiary/aromatic N) is 1. The Kier molecular flexibility index (Phi) is 5.22. The van der Waals surface area contributed by atoms with E-state index in [1.165, 1.54) is 33.1 Å². The summed E-state index contributed by atoms with van der Waals surface area (Å²) in [6.07, 6.45) is 5.40. The Morgan fingerprint density at radius 1 is 1.33 bits per heavy atom. The fourth-order valence-electron chi connectivity index (χ4n) is 2.48. The summed E-state index contributed by atoms with van der Waals surface area (Å²) in [7, 11) is 2.85. The van der Waals surface area contributed by atoms with Gasteiger partial charge in [0, 0.05) is 18.2 Å². The summed E-state index contributed by atoms with van der Waals surface area (Å²) in [6.45, 7) is 2.77. The molecule has 1 saturated heterocycles. The van der Waals surface area contributed by atoms with Crippen molar-refractivity contribution < 1.29 is 19.4 Å². The smallest absolute Gasteiger partial charge is 0.330 e. The van der Waals surface area contributed by atoms with Gasteiger partial charge in [-0.2, -0.15) is 0 Å². The van der Waals surface area contributed by atoms with Crippen LogP contribution in [0.1, 0.15) is 24.0 Å². The van der Waals surface area contributed by atoms with Crippen LogP contribution in [0.3, 0.4) is 0 Å². The van der Waals surface area contributed by atoms with E-state index in [1.54, 1.807) is 12.1 Å². The maximum Gasteiger partial charge on any atom is 0.330 e. The maximum absolute atomic E-state index is 11.2. The number of esters is 1. The summed E-state index contributed by atoms with van der Waals surface area (Å²) in [5, 5.41) is 10.2. The van der Waals surface area contributed by atoms with Gasteiger partial charge < -0.3 is 14.6 Å². The van der Waals surface area contributed by atoms with Crippen molar-refractivity contribution in [1.29, 1.82) is 0 Å². The lowest BCUT2D eigenvalue weighted by molar-refractivity contribution is -0.134. The zero-order chi connectivity index (χ0) is 15.2. The lowest BCUT2D eigenvalue weighted by atomic mass is 10.1. The van der Waals surface area contributed by atoms with E-state index in [9.17, 15) is 9.90 Å². The number of phenolic OH excluding ortho intramolecular Hbond substituents is 1. The highest BCUT2D eigenvalue weighted by atomic mass is 16.5. The molecule has 1 aliphatic heterocycles. The number of methoxy groups -OCH3 is 2. The fourth-order valence-corrected chi connectivity index (χ4v) is 2.48. The summed E-state index contributed by atoms with van der Waals surface area (Å²) < 4.78 is 9.78. The SMILES string of the molecule is COC(=O)C=Cc1cc(CN2CCCC2)c(O)c(OC)c1. The van der Waals surface area contributed by atoms with Crippen LogP contribution in [0.25, 0.3) is 6.08 Å². The second-order valence-corrected chi connectivity index (χ2v) is 5.07. The highest BCUT2D eigenvalue weighted by Crippen LogP contribution is 2.33. The van der Waals surface area contributed by atoms with Crippen LogP contribution in [0.15, 0.2) is 18.2 Å². The van der Waals surface area contributed by atoms with Crippen molar-refractivity contribution in [2.24, 2.45) is 0 Å². The molecule has 0 unspecified atom stereocenters. The molecule has 0 saturated carbocycles. The van der Waals surface area contributed by atoms with Crippen LogP contribution in [-0.2, 0) is 16.1 Å². The molecule has 0 amide bonds. The zero-order valence-corrected chi connectivity index (χ0v) is 12.5. The van der Waals surface area contributed by atoms with Gasteiger partial charge in [0.25, 0.3) is 0 Å². The number of aromatic hydroxyl groups is 1. The first-order chi connectivity index (χ1) is 10.1. The first-order valence-electron chi connectivity index (χ1n) is 7.02. The molecule has 0 aliphatic carbocycles. The molecule has 1 aromatic rings. The molecule has 0 spiro atoms. The second kappa shape index (κ2) is 7.13. The molecular formula is C16H21NO4. The summed E-state index contributed by atoms with van der Waals surface area (Å²) in [6, 6.07) is 3.57. The van der Waals surface area contributed by atoms with E-state index in [4.69, 9.17) is 4.74 Å². The Morgan fingerprint density at radius 2 is 2.05 bits per heavy atom. The van der Waals surface area contributed by atoms with Crippen molar-refractivity contribution in [1.82, 2.24) is 4.90 Å². The number of hydrogen-bond acceptors (Lipinski definition) is 5. The Morgan fingerprint density at radius 3 is 2.67 bits per heavy atom. The predicted octanol–water partition coefficient (Wildman–Crippen LogP) is 2.18. The summed E-state index contributed by atoms with van der Waals surface area (Å²) >= 11 is 0. The van der Waals surface area contributed by atoms with Crippen molar-refractivity contribution in [3.8, 4) is 11.5 Å². The van der Waals surface area contributed by atoms with Crippen molar-refractivity contribution in [3.63, 3.8) is 0 Å². The van der Waals surface area contributed by atoms with Crippen LogP contribution in [-0.4, -0.2) is 43.3 Å². The van der Waals surface area contributed by atoms with Gasteiger partial charge in [0.15, 0.2) is 11.5 Å². The molecule has 0 aromatic heterocycles. The van der Waals surface area contributed by atoms with Crippen molar-refractivity contribution >= 4 is 12.0 Å². The van der Waals surface area contributed by atoms with Crippen molar-refractivity contribution in [2.45, 2.75) is 19.4 Å². The molecule has 0 atom stereocenters. The molecule has 1 aromatic carbocycles. The number of rotatable bonds is 5. The second-order valence-electron chi connectivity index (χ2n) is 5.07. The van der Waals surface area contributed by atoms with Gasteiger partial charge in [0.1, 0.15) is 0 Å². The molecule has 1 N–H and O–H groups in total. The van der Waals surface area contributed by atoms with Gasteiger partial charge >= 0.3 is 5.97 Å². The molecule has 5 heteroatoms. The van der Waals surface area contributed by atoms with Crippen LogP contribution in [0, 0.1) is 0 Å². The number of carbonyl (C=O) groups is 1. The van der Waals surface area contributed by atoms with E-state index in [0.717, 1.165) is 24.2 Å². The van der Waals surface area contributed by atoms with Gasteiger partial charge in [-0.3, -0.25) is 4.90 Å². The monoisotopic (exact) mass is 291 g/mol. The molecule has 0 radical (unpaired) electrons. The van der Waals surface area contributed by atoms with E-state index in [0.29, 0.717) is 12.3 Å². The minimum Gasteiger partial charge on any atom is -0.504 e. The van der Waals surface area contributed by atoms with E-state index >= 15 is 0 Å².